The minimum absolute atomic E-state index is 0. The molecule has 0 aromatic rings. The van der Waals surface area contributed by atoms with Gasteiger partial charge in [-0.3, -0.25) is 4.79 Å². The summed E-state index contributed by atoms with van der Waals surface area (Å²) in [5.74, 6) is -0.801. The van der Waals surface area contributed by atoms with Crippen molar-refractivity contribution in [3.05, 3.63) is 0 Å². The molecule has 0 bridgehead atoms. The van der Waals surface area contributed by atoms with Crippen LogP contribution >= 0.6 is 0 Å². The summed E-state index contributed by atoms with van der Waals surface area (Å²) in [4.78, 5) is 10.2. The second-order valence-corrected chi connectivity index (χ2v) is 1.85. The van der Waals surface area contributed by atoms with E-state index in [9.17, 15) is 4.79 Å². The van der Waals surface area contributed by atoms with Gasteiger partial charge in [0.05, 0.1) is 5.92 Å². The Kier molecular flexibility index (Phi) is 7.98. The number of rotatable bonds is 3. The molecule has 0 aromatic heterocycles. The molecule has 2 nitrogen and oxygen atoms in total. The van der Waals surface area contributed by atoms with E-state index in [0.717, 1.165) is 12.8 Å². The van der Waals surface area contributed by atoms with Gasteiger partial charge in [0.1, 0.15) is 0 Å². The van der Waals surface area contributed by atoms with E-state index in [1.165, 1.54) is 0 Å². The third-order valence-electron chi connectivity index (χ3n) is 1.33. The molecule has 0 heterocycles. The van der Waals surface area contributed by atoms with Gasteiger partial charge < -0.3 is 5.11 Å². The second kappa shape index (κ2) is 6.11. The van der Waals surface area contributed by atoms with E-state index in [-0.39, 0.29) is 23.0 Å². The normalized spacial score (nSPS) is 8.78. The Balaban J connectivity index is 0. The Labute approximate surface area is 66.1 Å². The van der Waals surface area contributed by atoms with Crippen LogP contribution in [0.4, 0.5) is 0 Å². The first-order valence-corrected chi connectivity index (χ1v) is 2.95. The molecule has 0 aliphatic carbocycles. The van der Waals surface area contributed by atoms with Crippen LogP contribution in [-0.4, -0.2) is 11.1 Å². The average molecular weight is 172 g/mol. The van der Waals surface area contributed by atoms with Gasteiger partial charge >= 0.3 is 5.97 Å². The van der Waals surface area contributed by atoms with E-state index >= 15 is 0 Å². The zero-order chi connectivity index (χ0) is 6.57. The van der Waals surface area contributed by atoms with E-state index < -0.39 is 5.97 Å². The summed E-state index contributed by atoms with van der Waals surface area (Å²) in [5, 5.41) is 8.37. The van der Waals surface area contributed by atoms with E-state index in [4.69, 9.17) is 5.11 Å². The molecule has 0 unspecified atom stereocenters. The standard InChI is InChI=1S/C6H12O2.Fe/c1-3-5(4-2)6(7)8;/h5H,3-4H2,1-2H3,(H,7,8);. The largest absolute Gasteiger partial charge is 0.481 e. The van der Waals surface area contributed by atoms with Crippen molar-refractivity contribution in [3.8, 4) is 0 Å². The Morgan fingerprint density at radius 2 is 1.78 bits per heavy atom. The summed E-state index contributed by atoms with van der Waals surface area (Å²) >= 11 is 0. The molecule has 0 aliphatic heterocycles. The minimum Gasteiger partial charge on any atom is -0.481 e. The molecule has 0 radical (unpaired) electrons. The molecular formula is C6H12FeO2. The van der Waals surface area contributed by atoms with Crippen LogP contribution < -0.4 is 0 Å². The molecule has 0 spiro atoms. The van der Waals surface area contributed by atoms with Crippen LogP contribution in [0.3, 0.4) is 0 Å². The molecule has 9 heavy (non-hydrogen) atoms. The molecule has 0 aliphatic rings. The van der Waals surface area contributed by atoms with Crippen molar-refractivity contribution in [2.45, 2.75) is 26.7 Å². The maximum atomic E-state index is 10.2. The van der Waals surface area contributed by atoms with Crippen molar-refractivity contribution in [1.82, 2.24) is 0 Å². The van der Waals surface area contributed by atoms with Crippen molar-refractivity contribution in [1.29, 1.82) is 0 Å². The van der Waals surface area contributed by atoms with Crippen LogP contribution in [0.1, 0.15) is 26.7 Å². The molecule has 0 aromatic carbocycles. The number of carboxylic acids is 1. The van der Waals surface area contributed by atoms with Crippen LogP contribution in [-0.2, 0) is 21.9 Å². The number of hydrogen-bond acceptors (Lipinski definition) is 1. The van der Waals surface area contributed by atoms with Gasteiger partial charge in [-0.05, 0) is 12.8 Å². The van der Waals surface area contributed by atoms with Crippen molar-refractivity contribution in [2.24, 2.45) is 5.92 Å². The Morgan fingerprint density at radius 1 is 1.44 bits per heavy atom. The van der Waals surface area contributed by atoms with Crippen molar-refractivity contribution >= 4 is 5.97 Å². The molecule has 56 valence electrons. The molecule has 0 fully saturated rings. The summed E-state index contributed by atoms with van der Waals surface area (Å²) < 4.78 is 0. The van der Waals surface area contributed by atoms with E-state index in [0.29, 0.717) is 0 Å². The van der Waals surface area contributed by atoms with Crippen LogP contribution in [0.2, 0.25) is 0 Å². The van der Waals surface area contributed by atoms with Gasteiger partial charge in [0.2, 0.25) is 0 Å². The Hall–Kier alpha value is -0.0105. The number of carbonyl (C=O) groups is 1. The summed E-state index contributed by atoms with van der Waals surface area (Å²) in [6.45, 7) is 3.78. The molecule has 3 heteroatoms. The first kappa shape index (κ1) is 11.7. The molecule has 0 saturated carbocycles. The fraction of sp³-hybridized carbons (Fsp3) is 0.833. The first-order valence-electron chi connectivity index (χ1n) is 2.95. The van der Waals surface area contributed by atoms with Crippen molar-refractivity contribution in [2.75, 3.05) is 0 Å². The SMILES string of the molecule is CCC(CC)C(=O)O.[Fe]. The monoisotopic (exact) mass is 172 g/mol. The van der Waals surface area contributed by atoms with Crippen LogP contribution in [0.5, 0.6) is 0 Å². The van der Waals surface area contributed by atoms with Crippen LogP contribution in [0.15, 0.2) is 0 Å². The molecule has 0 saturated heterocycles. The molecule has 1 N–H and O–H groups in total. The average Bonchev–Trinajstić information content (AvgIpc) is 1.69. The predicted molar refractivity (Wildman–Crippen MR) is 31.7 cm³/mol. The second-order valence-electron chi connectivity index (χ2n) is 1.85. The predicted octanol–water partition coefficient (Wildman–Crippen LogP) is 1.50. The van der Waals surface area contributed by atoms with Gasteiger partial charge in [-0.2, -0.15) is 0 Å². The summed E-state index contributed by atoms with van der Waals surface area (Å²) in [5.41, 5.74) is 0. The topological polar surface area (TPSA) is 37.3 Å². The zero-order valence-corrected chi connectivity index (χ0v) is 6.80. The van der Waals surface area contributed by atoms with Gasteiger partial charge in [-0.1, -0.05) is 13.8 Å². The van der Waals surface area contributed by atoms with Gasteiger partial charge in [-0.25, -0.2) is 0 Å². The minimum atomic E-state index is -0.671. The number of aliphatic carboxylic acids is 1. The van der Waals surface area contributed by atoms with E-state index in [1.54, 1.807) is 0 Å². The number of hydrogen-bond donors (Lipinski definition) is 1. The van der Waals surface area contributed by atoms with Gasteiger partial charge in [-0.15, -0.1) is 0 Å². The summed E-state index contributed by atoms with van der Waals surface area (Å²) in [6.07, 6.45) is 1.48. The maximum Gasteiger partial charge on any atom is 0.306 e. The molecule has 0 rings (SSSR count). The van der Waals surface area contributed by atoms with Crippen LogP contribution in [0, 0.1) is 5.92 Å². The van der Waals surface area contributed by atoms with E-state index in [2.05, 4.69) is 0 Å². The maximum absolute atomic E-state index is 10.2. The Morgan fingerprint density at radius 3 is 1.78 bits per heavy atom. The molecule has 0 amide bonds. The third-order valence-corrected chi connectivity index (χ3v) is 1.33. The van der Waals surface area contributed by atoms with Gasteiger partial charge in [0.15, 0.2) is 0 Å². The van der Waals surface area contributed by atoms with Crippen molar-refractivity contribution in [3.63, 3.8) is 0 Å². The smallest absolute Gasteiger partial charge is 0.306 e. The van der Waals surface area contributed by atoms with Crippen LogP contribution in [0.25, 0.3) is 0 Å². The number of carboxylic acid groups (broad SMARTS) is 1. The zero-order valence-electron chi connectivity index (χ0n) is 5.70. The fourth-order valence-corrected chi connectivity index (χ4v) is 0.638. The first-order chi connectivity index (χ1) is 3.72. The molecular weight excluding hydrogens is 160 g/mol. The summed E-state index contributed by atoms with van der Waals surface area (Å²) in [7, 11) is 0. The Bertz CT molecular complexity index is 79.1. The van der Waals surface area contributed by atoms with E-state index in [1.807, 2.05) is 13.8 Å². The van der Waals surface area contributed by atoms with Gasteiger partial charge in [0.25, 0.3) is 0 Å². The summed E-state index contributed by atoms with van der Waals surface area (Å²) in [6, 6.07) is 0. The third kappa shape index (κ3) is 4.49. The fourth-order valence-electron chi connectivity index (χ4n) is 0.638. The van der Waals surface area contributed by atoms with Crippen molar-refractivity contribution < 1.29 is 27.0 Å². The molecule has 0 atom stereocenters. The van der Waals surface area contributed by atoms with Gasteiger partial charge in [0, 0.05) is 17.1 Å². The quantitative estimate of drug-likeness (QED) is 0.655.